The summed E-state index contributed by atoms with van der Waals surface area (Å²) in [7, 11) is 1.54. The highest BCUT2D eigenvalue weighted by Gasteiger charge is 2.44. The van der Waals surface area contributed by atoms with Gasteiger partial charge in [-0.3, -0.25) is 9.59 Å². The van der Waals surface area contributed by atoms with Crippen molar-refractivity contribution in [1.82, 2.24) is 9.80 Å². The van der Waals surface area contributed by atoms with Crippen LogP contribution >= 0.6 is 0 Å². The summed E-state index contributed by atoms with van der Waals surface area (Å²) in [4.78, 5) is 30.2. The van der Waals surface area contributed by atoms with E-state index in [1.54, 1.807) is 36.3 Å². The van der Waals surface area contributed by atoms with Gasteiger partial charge in [-0.2, -0.15) is 0 Å². The average molecular weight is 471 g/mol. The normalized spacial score (nSPS) is 16.0. The van der Waals surface area contributed by atoms with Crippen molar-refractivity contribution in [2.45, 2.75) is 39.7 Å². The van der Waals surface area contributed by atoms with Gasteiger partial charge in [0.1, 0.15) is 0 Å². The summed E-state index contributed by atoms with van der Waals surface area (Å²) in [5.74, 6) is -0.476. The molecule has 0 saturated carbocycles. The third-order valence-electron chi connectivity index (χ3n) is 6.03. The van der Waals surface area contributed by atoms with Crippen molar-refractivity contribution < 1.29 is 28.6 Å². The van der Waals surface area contributed by atoms with Gasteiger partial charge in [-0.05, 0) is 62.3 Å². The fraction of sp³-hybridized carbons (Fsp3) is 0.462. The maximum absolute atomic E-state index is 13.3. The van der Waals surface area contributed by atoms with Gasteiger partial charge in [0.2, 0.25) is 5.78 Å². The van der Waals surface area contributed by atoms with E-state index < -0.39 is 23.5 Å². The van der Waals surface area contributed by atoms with E-state index in [-0.39, 0.29) is 11.3 Å². The molecule has 0 bridgehead atoms. The maximum Gasteiger partial charge on any atom is 0.290 e. The minimum atomic E-state index is -0.768. The fourth-order valence-corrected chi connectivity index (χ4v) is 4.19. The number of ether oxygens (including phenoxy) is 2. The minimum absolute atomic E-state index is 0.00655. The smallest absolute Gasteiger partial charge is 0.290 e. The second-order valence-electron chi connectivity index (χ2n) is 8.11. The van der Waals surface area contributed by atoms with Crippen LogP contribution in [0.1, 0.15) is 55.8 Å². The number of nitrogens with zero attached hydrogens (tertiary/aromatic N) is 2. The molecule has 0 fully saturated rings. The number of amides is 1. The SMILES string of the molecule is CCCOc1ccc([C@@H]2C(C(=O)c3ccco3)=C(O)C(=O)N2CCCN(CC)CC)cc1OC. The van der Waals surface area contributed by atoms with E-state index in [4.69, 9.17) is 13.9 Å². The predicted molar refractivity (Wildman–Crippen MR) is 128 cm³/mol. The summed E-state index contributed by atoms with van der Waals surface area (Å²) < 4.78 is 16.6. The first-order valence-corrected chi connectivity index (χ1v) is 11.8. The Balaban J connectivity index is 1.98. The molecule has 0 radical (unpaired) electrons. The van der Waals surface area contributed by atoms with Gasteiger partial charge in [0, 0.05) is 6.54 Å². The molecule has 1 N–H and O–H groups in total. The third kappa shape index (κ3) is 5.28. The highest BCUT2D eigenvalue weighted by Crippen LogP contribution is 2.41. The number of rotatable bonds is 13. The standard InChI is InChI=1S/C26H34N2O6/c1-5-15-33-19-12-11-18(17-21(19)32-4)23-22(24(29)20-10-8-16-34-20)25(30)26(31)28(23)14-9-13-27(6-2)7-3/h8,10-12,16-17,23,30H,5-7,9,13-15H2,1-4H3/t23-/m1/s1. The van der Waals surface area contributed by atoms with Crippen LogP contribution in [0.4, 0.5) is 0 Å². The van der Waals surface area contributed by atoms with E-state index in [2.05, 4.69) is 18.7 Å². The van der Waals surface area contributed by atoms with Crippen molar-refractivity contribution >= 4 is 11.7 Å². The highest BCUT2D eigenvalue weighted by molar-refractivity contribution is 6.15. The number of ketones is 1. The first-order valence-electron chi connectivity index (χ1n) is 11.8. The first-order chi connectivity index (χ1) is 16.5. The molecule has 1 aromatic carbocycles. The number of hydrogen-bond donors (Lipinski definition) is 1. The van der Waals surface area contributed by atoms with Crippen LogP contribution in [0, 0.1) is 0 Å². The van der Waals surface area contributed by atoms with Crippen LogP contribution in [-0.4, -0.2) is 66.5 Å². The quantitative estimate of drug-likeness (QED) is 0.434. The van der Waals surface area contributed by atoms with Gasteiger partial charge >= 0.3 is 0 Å². The number of carbonyl (C=O) groups is 2. The zero-order chi connectivity index (χ0) is 24.7. The van der Waals surface area contributed by atoms with Crippen LogP contribution in [-0.2, 0) is 4.79 Å². The molecule has 0 unspecified atom stereocenters. The summed E-state index contributed by atoms with van der Waals surface area (Å²) in [6, 6.07) is 7.69. The molecule has 184 valence electrons. The van der Waals surface area contributed by atoms with E-state index in [1.165, 1.54) is 12.3 Å². The molecule has 1 aliphatic rings. The number of carbonyl (C=O) groups excluding carboxylic acids is 2. The van der Waals surface area contributed by atoms with E-state index in [1.807, 2.05) is 6.92 Å². The van der Waals surface area contributed by atoms with Gasteiger partial charge in [-0.25, -0.2) is 0 Å². The van der Waals surface area contributed by atoms with Gasteiger partial charge in [-0.1, -0.05) is 26.8 Å². The third-order valence-corrected chi connectivity index (χ3v) is 6.03. The summed E-state index contributed by atoms with van der Waals surface area (Å²) in [5.41, 5.74) is 0.655. The Bertz CT molecular complexity index is 1010. The maximum atomic E-state index is 13.3. The van der Waals surface area contributed by atoms with Crippen molar-refractivity contribution in [2.24, 2.45) is 0 Å². The second-order valence-corrected chi connectivity index (χ2v) is 8.11. The van der Waals surface area contributed by atoms with Gasteiger partial charge in [0.15, 0.2) is 23.0 Å². The zero-order valence-electron chi connectivity index (χ0n) is 20.4. The summed E-state index contributed by atoms with van der Waals surface area (Å²) in [5, 5.41) is 10.8. The second kappa shape index (κ2) is 11.7. The van der Waals surface area contributed by atoms with Gasteiger partial charge in [-0.15, -0.1) is 0 Å². The number of methoxy groups -OCH3 is 1. The van der Waals surface area contributed by atoms with E-state index >= 15 is 0 Å². The molecule has 34 heavy (non-hydrogen) atoms. The number of aliphatic hydroxyl groups is 1. The lowest BCUT2D eigenvalue weighted by atomic mass is 9.94. The van der Waals surface area contributed by atoms with E-state index in [0.29, 0.717) is 36.6 Å². The Labute approximate surface area is 200 Å². The molecule has 1 aliphatic heterocycles. The number of furan rings is 1. The molecule has 3 rings (SSSR count). The predicted octanol–water partition coefficient (Wildman–Crippen LogP) is 4.39. The topological polar surface area (TPSA) is 92.5 Å². The minimum Gasteiger partial charge on any atom is -0.503 e. The number of hydrogen-bond acceptors (Lipinski definition) is 7. The highest BCUT2D eigenvalue weighted by atomic mass is 16.5. The largest absolute Gasteiger partial charge is 0.503 e. The Hall–Kier alpha value is -3.26. The van der Waals surface area contributed by atoms with E-state index in [0.717, 1.165) is 26.1 Å². The molecule has 0 spiro atoms. The van der Waals surface area contributed by atoms with Crippen LogP contribution in [0.15, 0.2) is 52.3 Å². The first kappa shape index (κ1) is 25.4. The molecule has 1 aromatic heterocycles. The fourth-order valence-electron chi connectivity index (χ4n) is 4.19. The number of Topliss-reactive ketones (excluding diaryl/α,β-unsaturated/α-hetero) is 1. The van der Waals surface area contributed by atoms with Gasteiger partial charge < -0.3 is 28.8 Å². The van der Waals surface area contributed by atoms with Gasteiger partial charge in [0.25, 0.3) is 5.91 Å². The molecular formula is C26H34N2O6. The van der Waals surface area contributed by atoms with Crippen molar-refractivity contribution in [2.75, 3.05) is 39.9 Å². The number of aliphatic hydroxyl groups excluding tert-OH is 1. The lowest BCUT2D eigenvalue weighted by Gasteiger charge is -2.28. The molecular weight excluding hydrogens is 436 g/mol. The summed E-state index contributed by atoms with van der Waals surface area (Å²) in [6.45, 7) is 9.75. The van der Waals surface area contributed by atoms with Crippen molar-refractivity contribution in [3.05, 3.63) is 59.3 Å². The van der Waals surface area contributed by atoms with Crippen LogP contribution < -0.4 is 9.47 Å². The Kier molecular flexibility index (Phi) is 8.76. The Morgan fingerprint density at radius 3 is 2.56 bits per heavy atom. The summed E-state index contributed by atoms with van der Waals surface area (Å²) in [6.07, 6.45) is 2.94. The molecule has 8 nitrogen and oxygen atoms in total. The Morgan fingerprint density at radius 1 is 1.18 bits per heavy atom. The molecule has 0 saturated heterocycles. The van der Waals surface area contributed by atoms with Crippen molar-refractivity contribution in [3.8, 4) is 11.5 Å². The van der Waals surface area contributed by atoms with Crippen LogP contribution in [0.5, 0.6) is 11.5 Å². The van der Waals surface area contributed by atoms with Crippen molar-refractivity contribution in [1.29, 1.82) is 0 Å². The van der Waals surface area contributed by atoms with Crippen LogP contribution in [0.25, 0.3) is 0 Å². The van der Waals surface area contributed by atoms with E-state index in [9.17, 15) is 14.7 Å². The molecule has 8 heteroatoms. The van der Waals surface area contributed by atoms with Crippen LogP contribution in [0.3, 0.4) is 0 Å². The lowest BCUT2D eigenvalue weighted by molar-refractivity contribution is -0.129. The molecule has 1 amide bonds. The van der Waals surface area contributed by atoms with Crippen LogP contribution in [0.2, 0.25) is 0 Å². The zero-order valence-corrected chi connectivity index (χ0v) is 20.4. The molecule has 0 aliphatic carbocycles. The van der Waals surface area contributed by atoms with Gasteiger partial charge in [0.05, 0.1) is 31.6 Å². The van der Waals surface area contributed by atoms with Crippen molar-refractivity contribution in [3.63, 3.8) is 0 Å². The average Bonchev–Trinajstić information content (AvgIpc) is 3.48. The monoisotopic (exact) mass is 470 g/mol. The molecule has 2 aromatic rings. The Morgan fingerprint density at radius 2 is 1.94 bits per heavy atom. The molecule has 2 heterocycles. The molecule has 1 atom stereocenters. The summed E-state index contributed by atoms with van der Waals surface area (Å²) >= 11 is 0. The lowest BCUT2D eigenvalue weighted by Crippen LogP contribution is -2.34. The number of benzene rings is 1.